The number of nitrogens with one attached hydrogen (secondary N) is 3. The van der Waals surface area contributed by atoms with E-state index in [1.807, 2.05) is 6.92 Å². The van der Waals surface area contributed by atoms with Gasteiger partial charge in [0.05, 0.1) is 32.5 Å². The van der Waals surface area contributed by atoms with Gasteiger partial charge in [-0.1, -0.05) is 13.0 Å². The smallest absolute Gasteiger partial charge is 0.326 e. The third-order valence-corrected chi connectivity index (χ3v) is 6.18. The molecule has 12 nitrogen and oxygen atoms in total. The van der Waals surface area contributed by atoms with Crippen LogP contribution in [0.1, 0.15) is 18.9 Å². The minimum atomic E-state index is -1.16. The van der Waals surface area contributed by atoms with Gasteiger partial charge < -0.3 is 35.3 Å². The van der Waals surface area contributed by atoms with Crippen molar-refractivity contribution < 1.29 is 24.1 Å². The number of benzene rings is 2. The second-order valence-electron chi connectivity index (χ2n) is 8.68. The third-order valence-electron chi connectivity index (χ3n) is 6.18. The standard InChI is InChI=1S/C27H29N5O7/c1-5-8-28-22-23(25(34)24(22)33)31-18(27(35)36)9-14-6-7-16(19(10-14)37-2)32-26-15-11-20(38-3)21(39-4)12-17(15)29-13-30-26/h6-7,10-13,18,28,31H,5,8-9H2,1-4H3,(H,35,36)(H,29,30,32). The Balaban J connectivity index is 1.58. The second kappa shape index (κ2) is 11.7. The third kappa shape index (κ3) is 5.54. The van der Waals surface area contributed by atoms with Crippen molar-refractivity contribution in [2.24, 2.45) is 0 Å². The summed E-state index contributed by atoms with van der Waals surface area (Å²) in [6.07, 6.45) is 2.20. The van der Waals surface area contributed by atoms with Gasteiger partial charge in [-0.3, -0.25) is 9.59 Å². The fraction of sp³-hybridized carbons (Fsp3) is 0.296. The quantitative estimate of drug-likeness (QED) is 0.186. The lowest BCUT2D eigenvalue weighted by Gasteiger charge is -2.20. The van der Waals surface area contributed by atoms with Gasteiger partial charge in [-0.2, -0.15) is 0 Å². The number of ether oxygens (including phenoxy) is 3. The highest BCUT2D eigenvalue weighted by Crippen LogP contribution is 2.36. The first kappa shape index (κ1) is 27.2. The van der Waals surface area contributed by atoms with E-state index in [4.69, 9.17) is 14.2 Å². The Bertz CT molecular complexity index is 1580. The summed E-state index contributed by atoms with van der Waals surface area (Å²) >= 11 is 0. The molecule has 0 radical (unpaired) electrons. The van der Waals surface area contributed by atoms with E-state index >= 15 is 0 Å². The van der Waals surface area contributed by atoms with Gasteiger partial charge in [0.2, 0.25) is 0 Å². The Morgan fingerprint density at radius 1 is 0.949 bits per heavy atom. The molecular formula is C27H29N5O7. The Morgan fingerprint density at radius 2 is 1.64 bits per heavy atom. The van der Waals surface area contributed by atoms with Crippen molar-refractivity contribution in [1.29, 1.82) is 0 Å². The van der Waals surface area contributed by atoms with Gasteiger partial charge in [0.25, 0.3) is 10.9 Å². The minimum Gasteiger partial charge on any atom is -0.495 e. The number of hydrogen-bond acceptors (Lipinski definition) is 11. The highest BCUT2D eigenvalue weighted by Gasteiger charge is 2.27. The summed E-state index contributed by atoms with van der Waals surface area (Å²) in [4.78, 5) is 44.6. The largest absolute Gasteiger partial charge is 0.495 e. The molecule has 0 spiro atoms. The van der Waals surface area contributed by atoms with E-state index in [1.165, 1.54) is 13.4 Å². The van der Waals surface area contributed by atoms with Gasteiger partial charge in [0.15, 0.2) is 11.5 Å². The van der Waals surface area contributed by atoms with E-state index < -0.39 is 22.9 Å². The molecule has 4 rings (SSSR count). The number of rotatable bonds is 13. The van der Waals surface area contributed by atoms with Gasteiger partial charge in [-0.05, 0) is 30.2 Å². The maximum Gasteiger partial charge on any atom is 0.326 e. The molecule has 204 valence electrons. The maximum atomic E-state index is 12.1. The molecule has 39 heavy (non-hydrogen) atoms. The number of nitrogens with zero attached hydrogens (tertiary/aromatic N) is 2. The first-order chi connectivity index (χ1) is 18.8. The number of hydrogen-bond donors (Lipinski definition) is 4. The Morgan fingerprint density at radius 3 is 2.31 bits per heavy atom. The second-order valence-corrected chi connectivity index (χ2v) is 8.68. The number of aliphatic carboxylic acids is 1. The van der Waals surface area contributed by atoms with E-state index in [9.17, 15) is 19.5 Å². The van der Waals surface area contributed by atoms with Crippen LogP contribution in [-0.2, 0) is 11.2 Å². The van der Waals surface area contributed by atoms with Crippen molar-refractivity contribution in [3.63, 3.8) is 0 Å². The molecule has 0 saturated heterocycles. The van der Waals surface area contributed by atoms with Crippen LogP contribution in [0.3, 0.4) is 0 Å². The molecule has 0 fully saturated rings. The van der Waals surface area contributed by atoms with Gasteiger partial charge >= 0.3 is 5.97 Å². The van der Waals surface area contributed by atoms with Crippen molar-refractivity contribution in [2.45, 2.75) is 25.8 Å². The van der Waals surface area contributed by atoms with Crippen LogP contribution in [-0.4, -0.2) is 55.0 Å². The molecule has 0 amide bonds. The molecule has 0 saturated carbocycles. The molecule has 4 N–H and O–H groups in total. The lowest BCUT2D eigenvalue weighted by molar-refractivity contribution is -0.137. The summed E-state index contributed by atoms with van der Waals surface area (Å²) in [6, 6.07) is 7.56. The van der Waals surface area contributed by atoms with Crippen LogP contribution >= 0.6 is 0 Å². The molecule has 0 aliphatic heterocycles. The first-order valence-electron chi connectivity index (χ1n) is 12.2. The Labute approximate surface area is 223 Å². The zero-order chi connectivity index (χ0) is 28.1. The van der Waals surface area contributed by atoms with Crippen LogP contribution < -0.4 is 41.0 Å². The predicted octanol–water partition coefficient (Wildman–Crippen LogP) is 2.92. The number of carboxylic acid groups (broad SMARTS) is 1. The van der Waals surface area contributed by atoms with Gasteiger partial charge in [-0.15, -0.1) is 0 Å². The number of carbonyl (C=O) groups is 1. The van der Waals surface area contributed by atoms with E-state index in [-0.39, 0.29) is 17.8 Å². The summed E-state index contributed by atoms with van der Waals surface area (Å²) in [7, 11) is 4.58. The molecule has 0 aliphatic carbocycles. The zero-order valence-electron chi connectivity index (χ0n) is 22.0. The van der Waals surface area contributed by atoms with Crippen LogP contribution in [0.15, 0.2) is 46.2 Å². The molecular weight excluding hydrogens is 506 g/mol. The highest BCUT2D eigenvalue weighted by atomic mass is 16.5. The van der Waals surface area contributed by atoms with E-state index in [1.54, 1.807) is 44.6 Å². The number of methoxy groups -OCH3 is 3. The SMILES string of the molecule is CCCNc1c(NC(Cc2ccc(Nc3ncnc4cc(OC)c(OC)cc34)c(OC)c2)C(=O)O)c(=O)c1=O. The highest BCUT2D eigenvalue weighted by molar-refractivity contribution is 5.93. The van der Waals surface area contributed by atoms with Crippen molar-refractivity contribution in [3.05, 3.63) is 62.7 Å². The molecule has 1 atom stereocenters. The van der Waals surface area contributed by atoms with Crippen LogP contribution in [0.5, 0.6) is 17.2 Å². The summed E-state index contributed by atoms with van der Waals surface area (Å²) in [5, 5.41) is 19.3. The summed E-state index contributed by atoms with van der Waals surface area (Å²) in [5.41, 5.74) is 0.596. The van der Waals surface area contributed by atoms with Crippen LogP contribution in [0.25, 0.3) is 10.9 Å². The zero-order valence-corrected chi connectivity index (χ0v) is 22.0. The monoisotopic (exact) mass is 535 g/mol. The molecule has 1 aromatic heterocycles. The van der Waals surface area contributed by atoms with Crippen LogP contribution in [0.2, 0.25) is 0 Å². The summed E-state index contributed by atoms with van der Waals surface area (Å²) < 4.78 is 16.3. The van der Waals surface area contributed by atoms with Crippen molar-refractivity contribution in [2.75, 3.05) is 43.8 Å². The Kier molecular flexibility index (Phi) is 8.13. The van der Waals surface area contributed by atoms with Crippen molar-refractivity contribution in [1.82, 2.24) is 9.97 Å². The van der Waals surface area contributed by atoms with Crippen LogP contribution in [0.4, 0.5) is 22.9 Å². The lowest BCUT2D eigenvalue weighted by atomic mass is 10.0. The maximum absolute atomic E-state index is 12.1. The minimum absolute atomic E-state index is 0.00574. The van der Waals surface area contributed by atoms with Crippen molar-refractivity contribution >= 4 is 39.8 Å². The fourth-order valence-corrected chi connectivity index (χ4v) is 4.13. The number of fused-ring (bicyclic) bond motifs is 1. The molecule has 1 heterocycles. The number of carboxylic acids is 1. The molecule has 1 unspecified atom stereocenters. The van der Waals surface area contributed by atoms with E-state index in [2.05, 4.69) is 25.9 Å². The molecule has 0 aliphatic rings. The van der Waals surface area contributed by atoms with Gasteiger partial charge in [-0.25, -0.2) is 14.8 Å². The predicted molar refractivity (Wildman–Crippen MR) is 148 cm³/mol. The summed E-state index contributed by atoms with van der Waals surface area (Å²) in [5.74, 6) is 0.845. The van der Waals surface area contributed by atoms with E-state index in [0.29, 0.717) is 51.8 Å². The van der Waals surface area contributed by atoms with E-state index in [0.717, 1.165) is 6.42 Å². The number of anilines is 4. The van der Waals surface area contributed by atoms with Gasteiger partial charge in [0, 0.05) is 24.4 Å². The molecule has 0 bridgehead atoms. The van der Waals surface area contributed by atoms with Crippen molar-refractivity contribution in [3.8, 4) is 17.2 Å². The van der Waals surface area contributed by atoms with Gasteiger partial charge in [0.1, 0.15) is 35.3 Å². The summed E-state index contributed by atoms with van der Waals surface area (Å²) in [6.45, 7) is 2.41. The Hall–Kier alpha value is -4.87. The first-order valence-corrected chi connectivity index (χ1v) is 12.2. The molecule has 12 heteroatoms. The molecule has 3 aromatic carbocycles. The fourth-order valence-electron chi connectivity index (χ4n) is 4.13. The normalized spacial score (nSPS) is 11.7. The van der Waals surface area contributed by atoms with Crippen LogP contribution in [0, 0.1) is 0 Å². The average molecular weight is 536 g/mol. The average Bonchev–Trinajstić information content (AvgIpc) is 2.95. The topological polar surface area (TPSA) is 161 Å². The molecule has 4 aromatic rings. The lowest BCUT2D eigenvalue weighted by Crippen LogP contribution is -2.42. The number of aromatic nitrogens is 2.